The molecule has 0 amide bonds. The first-order valence-electron chi connectivity index (χ1n) is 12.3. The van der Waals surface area contributed by atoms with Crippen molar-refractivity contribution in [2.75, 3.05) is 58.0 Å². The maximum Gasteiger partial charge on any atom is 0.227 e. The lowest BCUT2D eigenvalue weighted by Gasteiger charge is -2.26. The summed E-state index contributed by atoms with van der Waals surface area (Å²) in [6, 6.07) is 11.7. The van der Waals surface area contributed by atoms with Crippen LogP contribution >= 0.6 is 0 Å². The highest BCUT2D eigenvalue weighted by Gasteiger charge is 2.11. The van der Waals surface area contributed by atoms with E-state index in [0.29, 0.717) is 38.3 Å². The van der Waals surface area contributed by atoms with E-state index in [0.717, 1.165) is 67.5 Å². The molecule has 2 aromatic heterocycles. The molecule has 0 atom stereocenters. The number of fused-ring (bicyclic) bond motifs is 7. The number of anilines is 2. The highest BCUT2D eigenvalue weighted by Crippen LogP contribution is 2.26. The Morgan fingerprint density at radius 2 is 1.86 bits per heavy atom. The van der Waals surface area contributed by atoms with Gasteiger partial charge in [-0.05, 0) is 36.2 Å². The SMILES string of the molecule is C1=CCOCc2cc(cc(OCCN3CCOCC3)c2)Nc2nccc(n2)-c2ccnc(c2)OCC1. The minimum Gasteiger partial charge on any atom is -0.492 e. The second-order valence-electron chi connectivity index (χ2n) is 8.57. The monoisotopic (exact) mass is 489 g/mol. The summed E-state index contributed by atoms with van der Waals surface area (Å²) in [7, 11) is 0. The predicted molar refractivity (Wildman–Crippen MR) is 137 cm³/mol. The Labute approximate surface area is 211 Å². The van der Waals surface area contributed by atoms with Crippen LogP contribution in [0.5, 0.6) is 11.6 Å². The van der Waals surface area contributed by atoms with E-state index in [1.54, 1.807) is 12.4 Å². The van der Waals surface area contributed by atoms with Crippen molar-refractivity contribution in [2.24, 2.45) is 0 Å². The second kappa shape index (κ2) is 12.4. The van der Waals surface area contributed by atoms with Gasteiger partial charge in [-0.25, -0.2) is 15.0 Å². The third kappa shape index (κ3) is 7.00. The molecule has 0 aliphatic carbocycles. The van der Waals surface area contributed by atoms with Crippen LogP contribution in [0.25, 0.3) is 11.3 Å². The molecule has 0 spiro atoms. The second-order valence-corrected chi connectivity index (χ2v) is 8.57. The fraction of sp³-hybridized carbons (Fsp3) is 0.370. The number of pyridine rings is 1. The molecule has 2 aliphatic rings. The molecular formula is C27H31N5O4. The Kier molecular flexibility index (Phi) is 8.35. The van der Waals surface area contributed by atoms with Gasteiger partial charge in [0.25, 0.3) is 0 Å². The van der Waals surface area contributed by atoms with Crippen molar-refractivity contribution in [1.29, 1.82) is 0 Å². The van der Waals surface area contributed by atoms with Gasteiger partial charge in [-0.3, -0.25) is 4.90 Å². The summed E-state index contributed by atoms with van der Waals surface area (Å²) >= 11 is 0. The van der Waals surface area contributed by atoms with E-state index >= 15 is 0 Å². The van der Waals surface area contributed by atoms with Gasteiger partial charge in [-0.1, -0.05) is 12.2 Å². The fourth-order valence-corrected chi connectivity index (χ4v) is 4.04. The van der Waals surface area contributed by atoms with E-state index in [2.05, 4.69) is 26.3 Å². The minimum atomic E-state index is 0.464. The molecule has 0 unspecified atom stereocenters. The Morgan fingerprint density at radius 1 is 0.944 bits per heavy atom. The van der Waals surface area contributed by atoms with Crippen LogP contribution in [0.15, 0.2) is 60.9 Å². The number of nitrogens with zero attached hydrogens (tertiary/aromatic N) is 4. The van der Waals surface area contributed by atoms with Crippen molar-refractivity contribution in [3.8, 4) is 22.9 Å². The van der Waals surface area contributed by atoms with E-state index in [4.69, 9.17) is 23.9 Å². The molecule has 1 saturated heterocycles. The minimum absolute atomic E-state index is 0.464. The molecule has 2 aliphatic heterocycles. The van der Waals surface area contributed by atoms with E-state index in [-0.39, 0.29) is 0 Å². The summed E-state index contributed by atoms with van der Waals surface area (Å²) in [5.74, 6) is 1.84. The lowest BCUT2D eigenvalue weighted by atomic mass is 10.2. The van der Waals surface area contributed by atoms with E-state index in [1.807, 2.05) is 42.5 Å². The molecule has 188 valence electrons. The Hall–Kier alpha value is -3.53. The molecule has 1 N–H and O–H groups in total. The summed E-state index contributed by atoms with van der Waals surface area (Å²) in [5, 5.41) is 3.33. The lowest BCUT2D eigenvalue weighted by Crippen LogP contribution is -2.38. The largest absolute Gasteiger partial charge is 0.492 e. The number of morpholine rings is 1. The molecule has 6 bridgehead atoms. The third-order valence-corrected chi connectivity index (χ3v) is 5.87. The quantitative estimate of drug-likeness (QED) is 0.549. The topological polar surface area (TPSA) is 90.9 Å². The van der Waals surface area contributed by atoms with Gasteiger partial charge in [-0.15, -0.1) is 0 Å². The number of ether oxygens (including phenoxy) is 4. The fourth-order valence-electron chi connectivity index (χ4n) is 4.04. The predicted octanol–water partition coefficient (Wildman–Crippen LogP) is 3.85. The maximum absolute atomic E-state index is 6.13. The summed E-state index contributed by atoms with van der Waals surface area (Å²) in [4.78, 5) is 15.8. The molecule has 5 rings (SSSR count). The zero-order chi connectivity index (χ0) is 24.4. The Bertz CT molecular complexity index is 1170. The first-order valence-corrected chi connectivity index (χ1v) is 12.3. The number of rotatable bonds is 4. The van der Waals surface area contributed by atoms with Crippen LogP contribution in [0.1, 0.15) is 12.0 Å². The van der Waals surface area contributed by atoms with Gasteiger partial charge in [0.2, 0.25) is 11.8 Å². The normalized spacial score (nSPS) is 16.8. The lowest BCUT2D eigenvalue weighted by molar-refractivity contribution is 0.0322. The van der Waals surface area contributed by atoms with Crippen LogP contribution in [0.4, 0.5) is 11.6 Å². The first kappa shape index (κ1) is 24.2. The van der Waals surface area contributed by atoms with Gasteiger partial charge < -0.3 is 24.3 Å². The molecule has 9 nitrogen and oxygen atoms in total. The molecular weight excluding hydrogens is 458 g/mol. The standard InChI is InChI=1S/C27H31N5O4/c1-2-11-34-20-21-16-23(19-24(17-21)35-15-10-32-8-13-33-14-9-32)30-27-29-7-5-25(31-27)22-4-6-28-26(18-22)36-12-3-1/h1-2,4-7,16-19H,3,8-15,20H2,(H,29,30,31). The average molecular weight is 490 g/mol. The number of aromatic nitrogens is 3. The molecule has 3 aromatic rings. The third-order valence-electron chi connectivity index (χ3n) is 5.87. The highest BCUT2D eigenvalue weighted by molar-refractivity contribution is 5.63. The molecule has 1 fully saturated rings. The van der Waals surface area contributed by atoms with Crippen molar-refractivity contribution in [1.82, 2.24) is 19.9 Å². The van der Waals surface area contributed by atoms with Gasteiger partial charge in [0.1, 0.15) is 12.4 Å². The van der Waals surface area contributed by atoms with E-state index in [1.165, 1.54) is 0 Å². The molecule has 0 saturated carbocycles. The van der Waals surface area contributed by atoms with Gasteiger partial charge in [0.05, 0.1) is 38.7 Å². The smallest absolute Gasteiger partial charge is 0.227 e. The van der Waals surface area contributed by atoms with Crippen LogP contribution in [0, 0.1) is 0 Å². The molecule has 36 heavy (non-hydrogen) atoms. The van der Waals surface area contributed by atoms with Gasteiger partial charge in [-0.2, -0.15) is 0 Å². The van der Waals surface area contributed by atoms with Crippen molar-refractivity contribution >= 4 is 11.6 Å². The zero-order valence-corrected chi connectivity index (χ0v) is 20.3. The molecule has 1 aromatic carbocycles. The maximum atomic E-state index is 6.13. The van der Waals surface area contributed by atoms with Crippen LogP contribution in [0.3, 0.4) is 0 Å². The van der Waals surface area contributed by atoms with Crippen LogP contribution in [0.2, 0.25) is 0 Å². The summed E-state index contributed by atoms with van der Waals surface area (Å²) in [6.45, 7) is 6.43. The Balaban J connectivity index is 1.36. The van der Waals surface area contributed by atoms with Gasteiger partial charge >= 0.3 is 0 Å². The molecule has 0 radical (unpaired) electrons. The van der Waals surface area contributed by atoms with Gasteiger partial charge in [0.15, 0.2) is 0 Å². The summed E-state index contributed by atoms with van der Waals surface area (Å²) in [5.41, 5.74) is 3.54. The molecule has 9 heteroatoms. The summed E-state index contributed by atoms with van der Waals surface area (Å²) in [6.07, 6.45) is 8.31. The average Bonchev–Trinajstić information content (AvgIpc) is 2.91. The summed E-state index contributed by atoms with van der Waals surface area (Å²) < 4.78 is 23.2. The van der Waals surface area contributed by atoms with Crippen molar-refractivity contribution in [3.05, 3.63) is 66.5 Å². The van der Waals surface area contributed by atoms with Crippen molar-refractivity contribution < 1.29 is 18.9 Å². The van der Waals surface area contributed by atoms with Gasteiger partial charge in [0, 0.05) is 55.4 Å². The van der Waals surface area contributed by atoms with E-state index < -0.39 is 0 Å². The van der Waals surface area contributed by atoms with Crippen LogP contribution in [-0.4, -0.2) is 72.5 Å². The first-order chi connectivity index (χ1) is 17.8. The van der Waals surface area contributed by atoms with E-state index in [9.17, 15) is 0 Å². The number of nitrogens with one attached hydrogen (secondary N) is 1. The Morgan fingerprint density at radius 3 is 2.81 bits per heavy atom. The zero-order valence-electron chi connectivity index (χ0n) is 20.3. The van der Waals surface area contributed by atoms with Crippen LogP contribution in [-0.2, 0) is 16.1 Å². The molecule has 4 heterocycles. The van der Waals surface area contributed by atoms with Crippen molar-refractivity contribution in [2.45, 2.75) is 13.0 Å². The number of hydrogen-bond donors (Lipinski definition) is 1. The number of benzene rings is 1. The highest BCUT2D eigenvalue weighted by atomic mass is 16.5. The number of hydrogen-bond acceptors (Lipinski definition) is 9. The van der Waals surface area contributed by atoms with Crippen molar-refractivity contribution in [3.63, 3.8) is 0 Å². The van der Waals surface area contributed by atoms with Crippen LogP contribution < -0.4 is 14.8 Å².